The van der Waals surface area contributed by atoms with Gasteiger partial charge >= 0.3 is 0 Å². The zero-order chi connectivity index (χ0) is 15.6. The molecule has 2 aliphatic rings. The van der Waals surface area contributed by atoms with Gasteiger partial charge in [0.1, 0.15) is 0 Å². The summed E-state index contributed by atoms with van der Waals surface area (Å²) >= 11 is 6.05. The molecule has 122 valence electrons. The van der Waals surface area contributed by atoms with Crippen LogP contribution in [0.2, 0.25) is 5.02 Å². The highest BCUT2D eigenvalue weighted by molar-refractivity contribution is 6.31. The minimum absolute atomic E-state index is 0.755. The van der Waals surface area contributed by atoms with Crippen LogP contribution in [0.3, 0.4) is 0 Å². The van der Waals surface area contributed by atoms with Gasteiger partial charge < -0.3 is 0 Å². The summed E-state index contributed by atoms with van der Waals surface area (Å²) in [6.45, 7) is 5.95. The number of rotatable bonds is 3. The standard InChI is InChI=1S/C19H24ClN3/c20-16-6-8-19-15(12-16)5-7-17(21-19)13-22-9-3-4-18(14-22)23-10-1-2-11-23/h5-8,12,18H,1-4,9-11,13-14H2. The second-order valence-corrected chi connectivity index (χ2v) is 7.35. The van der Waals surface area contributed by atoms with Gasteiger partial charge in [0.05, 0.1) is 11.2 Å². The number of nitrogens with zero attached hydrogens (tertiary/aromatic N) is 3. The molecule has 0 radical (unpaired) electrons. The summed E-state index contributed by atoms with van der Waals surface area (Å²) in [7, 11) is 0. The van der Waals surface area contributed by atoms with Crippen molar-refractivity contribution in [3.63, 3.8) is 0 Å². The smallest absolute Gasteiger partial charge is 0.0706 e. The van der Waals surface area contributed by atoms with E-state index in [9.17, 15) is 0 Å². The van der Waals surface area contributed by atoms with Crippen molar-refractivity contribution in [1.29, 1.82) is 0 Å². The summed E-state index contributed by atoms with van der Waals surface area (Å²) in [4.78, 5) is 10.1. The van der Waals surface area contributed by atoms with Crippen molar-refractivity contribution in [2.75, 3.05) is 26.2 Å². The van der Waals surface area contributed by atoms with Crippen molar-refractivity contribution in [3.05, 3.63) is 41.0 Å². The van der Waals surface area contributed by atoms with E-state index in [0.29, 0.717) is 0 Å². The van der Waals surface area contributed by atoms with Crippen LogP contribution in [0.5, 0.6) is 0 Å². The number of aromatic nitrogens is 1. The summed E-state index contributed by atoms with van der Waals surface area (Å²) in [6, 6.07) is 11.0. The topological polar surface area (TPSA) is 19.4 Å². The van der Waals surface area contributed by atoms with Crippen molar-refractivity contribution in [2.45, 2.75) is 38.3 Å². The zero-order valence-corrected chi connectivity index (χ0v) is 14.3. The molecule has 0 bridgehead atoms. The monoisotopic (exact) mass is 329 g/mol. The molecule has 2 aromatic rings. The summed E-state index contributed by atoms with van der Waals surface area (Å²) < 4.78 is 0. The Morgan fingerprint density at radius 2 is 1.91 bits per heavy atom. The lowest BCUT2D eigenvalue weighted by Crippen LogP contribution is -2.46. The fourth-order valence-electron chi connectivity index (χ4n) is 4.04. The first-order valence-electron chi connectivity index (χ1n) is 8.79. The van der Waals surface area contributed by atoms with Gasteiger partial charge in [-0.2, -0.15) is 0 Å². The molecule has 2 aliphatic heterocycles. The quantitative estimate of drug-likeness (QED) is 0.850. The van der Waals surface area contributed by atoms with Crippen molar-refractivity contribution in [3.8, 4) is 0 Å². The number of piperidine rings is 1. The van der Waals surface area contributed by atoms with E-state index in [2.05, 4.69) is 21.9 Å². The van der Waals surface area contributed by atoms with Crippen molar-refractivity contribution in [1.82, 2.24) is 14.8 Å². The molecule has 23 heavy (non-hydrogen) atoms. The van der Waals surface area contributed by atoms with Gasteiger partial charge in [-0.25, -0.2) is 0 Å². The summed E-state index contributed by atoms with van der Waals surface area (Å²) in [5, 5.41) is 1.89. The third kappa shape index (κ3) is 3.52. The Morgan fingerprint density at radius 1 is 1.04 bits per heavy atom. The Labute approximate surface area is 143 Å². The second-order valence-electron chi connectivity index (χ2n) is 6.91. The number of likely N-dealkylation sites (tertiary alicyclic amines) is 2. The fraction of sp³-hybridized carbons (Fsp3) is 0.526. The van der Waals surface area contributed by atoms with Crippen LogP contribution in [-0.4, -0.2) is 47.0 Å². The molecule has 0 N–H and O–H groups in total. The highest BCUT2D eigenvalue weighted by Crippen LogP contribution is 2.22. The van der Waals surface area contributed by atoms with Crippen LogP contribution in [0.1, 0.15) is 31.4 Å². The molecule has 1 atom stereocenters. The molecule has 0 amide bonds. The zero-order valence-electron chi connectivity index (χ0n) is 13.5. The maximum atomic E-state index is 6.05. The van der Waals surface area contributed by atoms with Gasteiger partial charge in [0.15, 0.2) is 0 Å². The molecule has 0 saturated carbocycles. The molecule has 0 spiro atoms. The third-order valence-electron chi connectivity index (χ3n) is 5.23. The van der Waals surface area contributed by atoms with Gasteiger partial charge in [0, 0.05) is 29.5 Å². The first-order valence-corrected chi connectivity index (χ1v) is 9.17. The maximum Gasteiger partial charge on any atom is 0.0706 e. The molecule has 1 unspecified atom stereocenters. The molecule has 1 aromatic heterocycles. The van der Waals surface area contributed by atoms with Gasteiger partial charge in [-0.1, -0.05) is 17.7 Å². The predicted octanol–water partition coefficient (Wildman–Crippen LogP) is 3.95. The molecule has 1 aromatic carbocycles. The van der Waals surface area contributed by atoms with Crippen molar-refractivity contribution >= 4 is 22.5 Å². The lowest BCUT2D eigenvalue weighted by molar-refractivity contribution is 0.110. The van der Waals surface area contributed by atoms with E-state index in [4.69, 9.17) is 16.6 Å². The van der Waals surface area contributed by atoms with Gasteiger partial charge in [0.25, 0.3) is 0 Å². The average Bonchev–Trinajstić information content (AvgIpc) is 3.10. The SMILES string of the molecule is Clc1ccc2nc(CN3CCCC(N4CCCC4)C3)ccc2c1. The van der Waals surface area contributed by atoms with Gasteiger partial charge in [-0.3, -0.25) is 14.8 Å². The number of fused-ring (bicyclic) bond motifs is 1. The van der Waals surface area contributed by atoms with E-state index < -0.39 is 0 Å². The molecule has 2 saturated heterocycles. The van der Waals surface area contributed by atoms with Crippen LogP contribution in [0.25, 0.3) is 10.9 Å². The molecule has 4 heteroatoms. The van der Waals surface area contributed by atoms with E-state index in [1.807, 2.05) is 18.2 Å². The van der Waals surface area contributed by atoms with E-state index in [0.717, 1.165) is 28.5 Å². The molecule has 3 nitrogen and oxygen atoms in total. The first kappa shape index (κ1) is 15.4. The van der Waals surface area contributed by atoms with E-state index in [-0.39, 0.29) is 0 Å². The molecule has 3 heterocycles. The van der Waals surface area contributed by atoms with Gasteiger partial charge in [-0.15, -0.1) is 0 Å². The highest BCUT2D eigenvalue weighted by Gasteiger charge is 2.27. The Bertz CT molecular complexity index is 681. The number of benzene rings is 1. The molecule has 4 rings (SSSR count). The van der Waals surface area contributed by atoms with Crippen molar-refractivity contribution < 1.29 is 0 Å². The van der Waals surface area contributed by atoms with Crippen LogP contribution in [0, 0.1) is 0 Å². The largest absolute Gasteiger partial charge is 0.299 e. The van der Waals surface area contributed by atoms with E-state index >= 15 is 0 Å². The van der Waals surface area contributed by atoms with Crippen LogP contribution < -0.4 is 0 Å². The Morgan fingerprint density at radius 3 is 2.78 bits per heavy atom. The minimum Gasteiger partial charge on any atom is -0.299 e. The lowest BCUT2D eigenvalue weighted by Gasteiger charge is -2.37. The number of halogens is 1. The summed E-state index contributed by atoms with van der Waals surface area (Å²) in [5.74, 6) is 0. The van der Waals surface area contributed by atoms with Crippen LogP contribution >= 0.6 is 11.6 Å². The van der Waals surface area contributed by atoms with Crippen molar-refractivity contribution in [2.24, 2.45) is 0 Å². The van der Waals surface area contributed by atoms with Crippen LogP contribution in [-0.2, 0) is 6.54 Å². The third-order valence-corrected chi connectivity index (χ3v) is 5.47. The average molecular weight is 330 g/mol. The van der Waals surface area contributed by atoms with Gasteiger partial charge in [-0.05, 0) is 69.6 Å². The van der Waals surface area contributed by atoms with Crippen LogP contribution in [0.4, 0.5) is 0 Å². The molecule has 0 aliphatic carbocycles. The molecular weight excluding hydrogens is 306 g/mol. The Balaban J connectivity index is 1.45. The molecule has 2 fully saturated rings. The Kier molecular flexibility index (Phi) is 4.52. The first-order chi connectivity index (χ1) is 11.3. The van der Waals surface area contributed by atoms with Crippen LogP contribution in [0.15, 0.2) is 30.3 Å². The summed E-state index contributed by atoms with van der Waals surface area (Å²) in [6.07, 6.45) is 5.43. The minimum atomic E-state index is 0.755. The second kappa shape index (κ2) is 6.76. The summed E-state index contributed by atoms with van der Waals surface area (Å²) in [5.41, 5.74) is 2.21. The van der Waals surface area contributed by atoms with Gasteiger partial charge in [0.2, 0.25) is 0 Å². The maximum absolute atomic E-state index is 6.05. The lowest BCUT2D eigenvalue weighted by atomic mass is 10.0. The highest BCUT2D eigenvalue weighted by atomic mass is 35.5. The number of pyridine rings is 1. The number of hydrogen-bond acceptors (Lipinski definition) is 3. The fourth-order valence-corrected chi connectivity index (χ4v) is 4.22. The number of hydrogen-bond donors (Lipinski definition) is 0. The Hall–Kier alpha value is -1.16. The normalized spacial score (nSPS) is 23.6. The van der Waals surface area contributed by atoms with E-state index in [1.54, 1.807) is 0 Å². The predicted molar refractivity (Wildman–Crippen MR) is 95.9 cm³/mol. The van der Waals surface area contributed by atoms with E-state index in [1.165, 1.54) is 57.6 Å². The molecular formula is C19H24ClN3.